The van der Waals surface area contributed by atoms with Crippen LogP contribution in [-0.2, 0) is 4.79 Å². The molecule has 118 valence electrons. The first-order valence-corrected chi connectivity index (χ1v) is 8.40. The van der Waals surface area contributed by atoms with Crippen molar-refractivity contribution in [3.8, 4) is 0 Å². The number of rotatable bonds is 3. The Hall–Kier alpha value is -0.970. The van der Waals surface area contributed by atoms with Crippen molar-refractivity contribution >= 4 is 17.7 Å². The number of thioether (sulfide) groups is 1. The van der Waals surface area contributed by atoms with Crippen LogP contribution in [-0.4, -0.2) is 21.3 Å². The number of carboxylic acids is 1. The third-order valence-corrected chi connectivity index (χ3v) is 5.79. The first-order chi connectivity index (χ1) is 9.68. The number of aryl methyl sites for hydroxylation is 2. The summed E-state index contributed by atoms with van der Waals surface area (Å²) in [5.74, 6) is 0.358. The molecule has 1 aromatic heterocycles. The highest BCUT2D eigenvalue weighted by Crippen LogP contribution is 2.45. The summed E-state index contributed by atoms with van der Waals surface area (Å²) >= 11 is 1.50. The zero-order chi connectivity index (χ0) is 15.8. The van der Waals surface area contributed by atoms with E-state index in [9.17, 15) is 9.90 Å². The van der Waals surface area contributed by atoms with E-state index in [0.29, 0.717) is 11.1 Å². The Balaban J connectivity index is 2.16. The molecule has 3 unspecified atom stereocenters. The zero-order valence-corrected chi connectivity index (χ0v) is 14.3. The molecule has 1 aliphatic carbocycles. The molecule has 0 amide bonds. The number of carbonyl (C=O) groups is 1. The van der Waals surface area contributed by atoms with Crippen molar-refractivity contribution in [3.63, 3.8) is 0 Å². The highest BCUT2D eigenvalue weighted by atomic mass is 32.2. The van der Waals surface area contributed by atoms with Crippen LogP contribution in [0.15, 0.2) is 9.64 Å². The van der Waals surface area contributed by atoms with Crippen LogP contribution in [0.2, 0.25) is 0 Å². The fourth-order valence-electron chi connectivity index (χ4n) is 2.95. The van der Waals surface area contributed by atoms with Crippen molar-refractivity contribution in [1.29, 1.82) is 0 Å². The fraction of sp³-hybridized carbons (Fsp3) is 0.750. The molecule has 0 aromatic carbocycles. The zero-order valence-electron chi connectivity index (χ0n) is 13.5. The lowest BCUT2D eigenvalue weighted by Gasteiger charge is -2.39. The van der Waals surface area contributed by atoms with Gasteiger partial charge in [-0.3, -0.25) is 4.79 Å². The van der Waals surface area contributed by atoms with Gasteiger partial charge in [0.1, 0.15) is 5.76 Å². The molecule has 0 radical (unpaired) electrons. The van der Waals surface area contributed by atoms with E-state index in [0.717, 1.165) is 30.7 Å². The largest absolute Gasteiger partial charge is 0.481 e. The van der Waals surface area contributed by atoms with Gasteiger partial charge in [0.05, 0.1) is 11.6 Å². The van der Waals surface area contributed by atoms with Crippen LogP contribution in [0.25, 0.3) is 0 Å². The van der Waals surface area contributed by atoms with Gasteiger partial charge in [0.25, 0.3) is 5.22 Å². The molecule has 0 aliphatic heterocycles. The molecular weight excluding hydrogens is 286 g/mol. The van der Waals surface area contributed by atoms with E-state index in [4.69, 9.17) is 4.42 Å². The molecule has 3 atom stereocenters. The van der Waals surface area contributed by atoms with Gasteiger partial charge in [0, 0.05) is 5.25 Å². The molecule has 1 heterocycles. The summed E-state index contributed by atoms with van der Waals surface area (Å²) in [7, 11) is 0. The lowest BCUT2D eigenvalue weighted by atomic mass is 9.69. The summed E-state index contributed by atoms with van der Waals surface area (Å²) in [5, 5.41) is 10.1. The number of hydrogen-bond acceptors (Lipinski definition) is 4. The molecule has 0 spiro atoms. The normalized spacial score (nSPS) is 26.8. The number of aromatic nitrogens is 1. The molecule has 0 saturated heterocycles. The van der Waals surface area contributed by atoms with Gasteiger partial charge in [-0.2, -0.15) is 0 Å². The van der Waals surface area contributed by atoms with Gasteiger partial charge >= 0.3 is 5.97 Å². The molecule has 0 bridgehead atoms. The predicted molar refractivity (Wildman–Crippen MR) is 83.5 cm³/mol. The monoisotopic (exact) mass is 311 g/mol. The van der Waals surface area contributed by atoms with Crippen LogP contribution in [0.3, 0.4) is 0 Å². The number of nitrogens with zero attached hydrogens (tertiary/aromatic N) is 1. The van der Waals surface area contributed by atoms with Crippen molar-refractivity contribution in [1.82, 2.24) is 4.98 Å². The van der Waals surface area contributed by atoms with E-state index in [1.54, 1.807) is 0 Å². The summed E-state index contributed by atoms with van der Waals surface area (Å²) in [4.78, 5) is 15.9. The maximum atomic E-state index is 11.5. The van der Waals surface area contributed by atoms with Gasteiger partial charge < -0.3 is 9.52 Å². The number of aliphatic carboxylic acids is 1. The molecule has 1 saturated carbocycles. The SMILES string of the molecule is Cc1nc(SC2CC(C(C)(C)C)CCC2C(=O)O)oc1C. The molecule has 4 nitrogen and oxygen atoms in total. The minimum absolute atomic E-state index is 0.0397. The Kier molecular flexibility index (Phi) is 4.71. The van der Waals surface area contributed by atoms with Crippen LogP contribution in [0.5, 0.6) is 0 Å². The quantitative estimate of drug-likeness (QED) is 0.901. The van der Waals surface area contributed by atoms with Crippen molar-refractivity contribution in [2.24, 2.45) is 17.3 Å². The highest BCUT2D eigenvalue weighted by Gasteiger charge is 2.40. The summed E-state index contributed by atoms with van der Waals surface area (Å²) in [6.45, 7) is 10.5. The van der Waals surface area contributed by atoms with E-state index in [1.807, 2.05) is 13.8 Å². The average Bonchev–Trinajstić information content (AvgIpc) is 2.66. The maximum absolute atomic E-state index is 11.5. The van der Waals surface area contributed by atoms with Crippen molar-refractivity contribution in [2.75, 3.05) is 0 Å². The van der Waals surface area contributed by atoms with Crippen LogP contribution in [0.1, 0.15) is 51.5 Å². The van der Waals surface area contributed by atoms with Crippen molar-refractivity contribution < 1.29 is 14.3 Å². The highest BCUT2D eigenvalue weighted by molar-refractivity contribution is 7.99. The lowest BCUT2D eigenvalue weighted by Crippen LogP contribution is -2.37. The molecule has 1 N–H and O–H groups in total. The minimum Gasteiger partial charge on any atom is -0.481 e. The molecule has 21 heavy (non-hydrogen) atoms. The predicted octanol–water partition coefficient (Wildman–Crippen LogP) is 4.30. The molecular formula is C16H25NO3S. The van der Waals surface area contributed by atoms with E-state index in [1.165, 1.54) is 11.8 Å². The van der Waals surface area contributed by atoms with Crippen LogP contribution in [0, 0.1) is 31.1 Å². The average molecular weight is 311 g/mol. The van der Waals surface area contributed by atoms with E-state index < -0.39 is 5.97 Å². The topological polar surface area (TPSA) is 63.3 Å². The molecule has 1 aromatic rings. The number of oxazole rings is 1. The van der Waals surface area contributed by atoms with Gasteiger partial charge in [0.2, 0.25) is 0 Å². The third kappa shape index (κ3) is 3.82. The second-order valence-corrected chi connectivity index (χ2v) is 8.29. The second kappa shape index (κ2) is 6.03. The molecule has 1 fully saturated rings. The van der Waals surface area contributed by atoms with Gasteiger partial charge in [-0.1, -0.05) is 32.5 Å². The van der Waals surface area contributed by atoms with Gasteiger partial charge in [-0.25, -0.2) is 4.98 Å². The first-order valence-electron chi connectivity index (χ1n) is 7.52. The molecule has 2 rings (SSSR count). The first kappa shape index (κ1) is 16.4. The Morgan fingerprint density at radius 3 is 2.48 bits per heavy atom. The van der Waals surface area contributed by atoms with E-state index >= 15 is 0 Å². The summed E-state index contributed by atoms with van der Waals surface area (Å²) in [5.41, 5.74) is 1.10. The van der Waals surface area contributed by atoms with Crippen LogP contribution < -0.4 is 0 Å². The summed E-state index contributed by atoms with van der Waals surface area (Å²) in [6.07, 6.45) is 2.64. The summed E-state index contributed by atoms with van der Waals surface area (Å²) < 4.78 is 5.62. The summed E-state index contributed by atoms with van der Waals surface area (Å²) in [6, 6.07) is 0. The van der Waals surface area contributed by atoms with E-state index in [2.05, 4.69) is 25.8 Å². The second-order valence-electron chi connectivity index (χ2n) is 7.10. The number of carboxylic acid groups (broad SMARTS) is 1. The Morgan fingerprint density at radius 1 is 1.33 bits per heavy atom. The standard InChI is InChI=1S/C16H25NO3S/c1-9-10(2)20-15(17-9)21-13-8-11(16(3,4)5)6-7-12(13)14(18)19/h11-13H,6-8H2,1-5H3,(H,18,19). The Bertz CT molecular complexity index is 499. The van der Waals surface area contributed by atoms with E-state index in [-0.39, 0.29) is 16.6 Å². The molecule has 1 aliphatic rings. The smallest absolute Gasteiger partial charge is 0.307 e. The van der Waals surface area contributed by atoms with Crippen LogP contribution in [0.4, 0.5) is 0 Å². The van der Waals surface area contributed by atoms with Gasteiger partial charge in [-0.05, 0) is 44.4 Å². The number of hydrogen-bond donors (Lipinski definition) is 1. The third-order valence-electron chi connectivity index (χ3n) is 4.59. The Morgan fingerprint density at radius 2 is 2.00 bits per heavy atom. The fourth-order valence-corrected chi connectivity index (χ4v) is 4.32. The molecule has 5 heteroatoms. The van der Waals surface area contributed by atoms with Crippen molar-refractivity contribution in [2.45, 2.75) is 64.4 Å². The van der Waals surface area contributed by atoms with Gasteiger partial charge in [0.15, 0.2) is 0 Å². The maximum Gasteiger partial charge on any atom is 0.307 e. The lowest BCUT2D eigenvalue weighted by molar-refractivity contribution is -0.143. The van der Waals surface area contributed by atoms with Crippen LogP contribution >= 0.6 is 11.8 Å². The van der Waals surface area contributed by atoms with Crippen molar-refractivity contribution in [3.05, 3.63) is 11.5 Å². The van der Waals surface area contributed by atoms with Gasteiger partial charge in [-0.15, -0.1) is 0 Å². The Labute approximate surface area is 130 Å². The minimum atomic E-state index is -0.695.